The lowest BCUT2D eigenvalue weighted by Gasteiger charge is -2.41. The number of benzene rings is 1. The summed E-state index contributed by atoms with van der Waals surface area (Å²) in [4.78, 5) is 2.33. The predicted octanol–water partition coefficient (Wildman–Crippen LogP) is 3.50. The van der Waals surface area contributed by atoms with Crippen LogP contribution in [-0.4, -0.2) is 32.3 Å². The Morgan fingerprint density at radius 2 is 2.24 bits per heavy atom. The van der Waals surface area contributed by atoms with Crippen LogP contribution >= 0.6 is 0 Å². The topological polar surface area (TPSA) is 24.5 Å². The number of anilines is 1. The molecule has 0 amide bonds. The molecule has 3 nitrogen and oxygen atoms in total. The van der Waals surface area contributed by atoms with E-state index in [2.05, 4.69) is 31.0 Å². The molecular weight excluding hydrogens is 267 g/mol. The lowest BCUT2D eigenvalue weighted by atomic mass is 9.93. The third-order valence-electron chi connectivity index (χ3n) is 4.46. The minimum absolute atomic E-state index is 0.120. The third-order valence-corrected chi connectivity index (χ3v) is 4.46. The van der Waals surface area contributed by atoms with Crippen LogP contribution in [-0.2, 0) is 4.74 Å². The van der Waals surface area contributed by atoms with Crippen molar-refractivity contribution in [2.24, 2.45) is 0 Å². The molecule has 0 aliphatic carbocycles. The number of hydrogen-bond acceptors (Lipinski definition) is 3. The molecular formula is C17H27FN2O. The zero-order valence-electron chi connectivity index (χ0n) is 13.6. The van der Waals surface area contributed by atoms with Gasteiger partial charge in [-0.1, -0.05) is 6.92 Å². The van der Waals surface area contributed by atoms with Gasteiger partial charge in [-0.05, 0) is 57.0 Å². The van der Waals surface area contributed by atoms with Crippen molar-refractivity contribution in [3.63, 3.8) is 0 Å². The van der Waals surface area contributed by atoms with Crippen molar-refractivity contribution in [3.8, 4) is 0 Å². The Balaban J connectivity index is 2.30. The first-order chi connectivity index (χ1) is 9.99. The highest BCUT2D eigenvalue weighted by molar-refractivity contribution is 5.56. The van der Waals surface area contributed by atoms with E-state index in [1.54, 1.807) is 19.2 Å². The summed E-state index contributed by atoms with van der Waals surface area (Å²) in [7, 11) is 1.77. The van der Waals surface area contributed by atoms with Crippen molar-refractivity contribution in [2.75, 3.05) is 31.6 Å². The maximum atomic E-state index is 13.7. The number of piperidine rings is 1. The number of halogens is 1. The first-order valence-electron chi connectivity index (χ1n) is 7.82. The Bertz CT molecular complexity index is 480. The summed E-state index contributed by atoms with van der Waals surface area (Å²) in [6, 6.07) is 5.24. The summed E-state index contributed by atoms with van der Waals surface area (Å²) in [6.07, 6.45) is 2.16. The van der Waals surface area contributed by atoms with Crippen LogP contribution in [0.2, 0.25) is 0 Å². The Kier molecular flexibility index (Phi) is 5.22. The minimum atomic E-state index is -0.176. The van der Waals surface area contributed by atoms with Crippen LogP contribution in [0.25, 0.3) is 0 Å². The van der Waals surface area contributed by atoms with Gasteiger partial charge in [-0.15, -0.1) is 0 Å². The van der Waals surface area contributed by atoms with Crippen molar-refractivity contribution in [1.82, 2.24) is 5.32 Å². The molecule has 1 saturated heterocycles. The van der Waals surface area contributed by atoms with Gasteiger partial charge in [0, 0.05) is 31.9 Å². The second kappa shape index (κ2) is 6.75. The highest BCUT2D eigenvalue weighted by Gasteiger charge is 2.32. The zero-order valence-corrected chi connectivity index (χ0v) is 13.6. The van der Waals surface area contributed by atoms with E-state index in [9.17, 15) is 4.39 Å². The maximum absolute atomic E-state index is 13.7. The van der Waals surface area contributed by atoms with Crippen molar-refractivity contribution < 1.29 is 9.13 Å². The molecule has 2 rings (SSSR count). The van der Waals surface area contributed by atoms with Crippen LogP contribution in [0.3, 0.4) is 0 Å². The zero-order chi connectivity index (χ0) is 15.5. The number of nitrogens with zero attached hydrogens (tertiary/aromatic N) is 1. The molecule has 4 heteroatoms. The minimum Gasteiger partial charge on any atom is -0.377 e. The molecule has 1 aliphatic rings. The van der Waals surface area contributed by atoms with E-state index in [-0.39, 0.29) is 17.5 Å². The second-order valence-corrected chi connectivity index (χ2v) is 6.16. The SMILES string of the molecule is CCNC(C)c1cc(F)ccc1N1CCCC(C)(OC)C1. The molecule has 1 fully saturated rings. The molecule has 0 bridgehead atoms. The predicted molar refractivity (Wildman–Crippen MR) is 85.4 cm³/mol. The van der Waals surface area contributed by atoms with Crippen molar-refractivity contribution in [1.29, 1.82) is 0 Å². The average Bonchev–Trinajstić information content (AvgIpc) is 2.47. The van der Waals surface area contributed by atoms with E-state index < -0.39 is 0 Å². The lowest BCUT2D eigenvalue weighted by molar-refractivity contribution is -0.00470. The molecule has 0 spiro atoms. The Labute approximate surface area is 127 Å². The fourth-order valence-electron chi connectivity index (χ4n) is 3.15. The maximum Gasteiger partial charge on any atom is 0.123 e. The van der Waals surface area contributed by atoms with Crippen LogP contribution in [0.5, 0.6) is 0 Å². The van der Waals surface area contributed by atoms with E-state index >= 15 is 0 Å². The lowest BCUT2D eigenvalue weighted by Crippen LogP contribution is -2.48. The fraction of sp³-hybridized carbons (Fsp3) is 0.647. The third kappa shape index (κ3) is 3.74. The summed E-state index contributed by atoms with van der Waals surface area (Å²) in [5, 5.41) is 3.38. The molecule has 0 radical (unpaired) electrons. The molecule has 21 heavy (non-hydrogen) atoms. The first kappa shape index (κ1) is 16.2. The largest absolute Gasteiger partial charge is 0.377 e. The van der Waals surface area contributed by atoms with Gasteiger partial charge in [0.05, 0.1) is 5.60 Å². The van der Waals surface area contributed by atoms with Gasteiger partial charge in [-0.3, -0.25) is 0 Å². The second-order valence-electron chi connectivity index (χ2n) is 6.16. The van der Waals surface area contributed by atoms with E-state index in [0.29, 0.717) is 0 Å². The molecule has 2 atom stereocenters. The number of ether oxygens (including phenoxy) is 1. The van der Waals surface area contributed by atoms with Crippen molar-refractivity contribution in [3.05, 3.63) is 29.6 Å². The van der Waals surface area contributed by atoms with Crippen LogP contribution in [0.4, 0.5) is 10.1 Å². The quantitative estimate of drug-likeness (QED) is 0.899. The molecule has 1 heterocycles. The van der Waals surface area contributed by atoms with E-state index in [4.69, 9.17) is 4.74 Å². The average molecular weight is 294 g/mol. The summed E-state index contributed by atoms with van der Waals surface area (Å²) in [5.41, 5.74) is 2.02. The molecule has 1 aromatic rings. The van der Waals surface area contributed by atoms with Crippen molar-refractivity contribution in [2.45, 2.75) is 45.3 Å². The number of hydrogen-bond donors (Lipinski definition) is 1. The summed E-state index contributed by atoms with van der Waals surface area (Å²) in [5.74, 6) is -0.176. The Morgan fingerprint density at radius 1 is 1.48 bits per heavy atom. The Morgan fingerprint density at radius 3 is 2.90 bits per heavy atom. The van der Waals surface area contributed by atoms with Gasteiger partial charge in [-0.25, -0.2) is 4.39 Å². The summed E-state index contributed by atoms with van der Waals surface area (Å²) >= 11 is 0. The van der Waals surface area contributed by atoms with Gasteiger partial charge >= 0.3 is 0 Å². The highest BCUT2D eigenvalue weighted by Crippen LogP contribution is 2.33. The van der Waals surface area contributed by atoms with E-state index in [1.165, 1.54) is 0 Å². The summed E-state index contributed by atoms with van der Waals surface area (Å²) < 4.78 is 19.3. The fourth-order valence-corrected chi connectivity index (χ4v) is 3.15. The number of nitrogens with one attached hydrogen (secondary N) is 1. The summed E-state index contributed by atoms with van der Waals surface area (Å²) in [6.45, 7) is 9.01. The monoisotopic (exact) mass is 294 g/mol. The van der Waals surface area contributed by atoms with Gasteiger partial charge in [0.1, 0.15) is 5.82 Å². The van der Waals surface area contributed by atoms with Crippen molar-refractivity contribution >= 4 is 5.69 Å². The normalized spacial score (nSPS) is 24.1. The van der Waals surface area contributed by atoms with E-state index in [1.807, 2.05) is 6.07 Å². The molecule has 1 aromatic carbocycles. The van der Waals surface area contributed by atoms with Gasteiger partial charge in [0.15, 0.2) is 0 Å². The molecule has 1 aliphatic heterocycles. The smallest absolute Gasteiger partial charge is 0.123 e. The molecule has 0 saturated carbocycles. The van der Waals surface area contributed by atoms with E-state index in [0.717, 1.165) is 43.7 Å². The highest BCUT2D eigenvalue weighted by atomic mass is 19.1. The van der Waals surface area contributed by atoms with Gasteiger partial charge in [0.25, 0.3) is 0 Å². The molecule has 1 N–H and O–H groups in total. The van der Waals surface area contributed by atoms with Gasteiger partial charge in [0.2, 0.25) is 0 Å². The van der Waals surface area contributed by atoms with Crippen LogP contribution in [0.1, 0.15) is 45.2 Å². The molecule has 118 valence electrons. The van der Waals surface area contributed by atoms with Gasteiger partial charge < -0.3 is 15.0 Å². The van der Waals surface area contributed by atoms with Gasteiger partial charge in [-0.2, -0.15) is 0 Å². The van der Waals surface area contributed by atoms with Crippen LogP contribution in [0.15, 0.2) is 18.2 Å². The van der Waals surface area contributed by atoms with Crippen LogP contribution < -0.4 is 10.2 Å². The van der Waals surface area contributed by atoms with Crippen LogP contribution in [0, 0.1) is 5.82 Å². The first-order valence-corrected chi connectivity index (χ1v) is 7.82. The standard InChI is InChI=1S/C17H27FN2O/c1-5-19-13(2)15-11-14(18)7-8-16(15)20-10-6-9-17(3,12-20)21-4/h7-8,11,13,19H,5-6,9-10,12H2,1-4H3. The number of rotatable bonds is 5. The Hall–Kier alpha value is -1.13. The number of methoxy groups -OCH3 is 1. The molecule has 2 unspecified atom stereocenters. The molecule has 0 aromatic heterocycles.